The molecule has 1 heterocycles. The number of hydrogen-bond donors (Lipinski definition) is 2. The lowest BCUT2D eigenvalue weighted by atomic mass is 9.91. The van der Waals surface area contributed by atoms with Crippen molar-refractivity contribution in [2.45, 2.75) is 45.1 Å². The lowest BCUT2D eigenvalue weighted by molar-refractivity contribution is -0.138. The molecular weight excluding hydrogens is 182 g/mol. The van der Waals surface area contributed by atoms with E-state index in [-0.39, 0.29) is 24.3 Å². The van der Waals surface area contributed by atoms with Gasteiger partial charge in [-0.2, -0.15) is 0 Å². The zero-order chi connectivity index (χ0) is 10.6. The van der Waals surface area contributed by atoms with Crippen molar-refractivity contribution in [3.63, 3.8) is 0 Å². The molecule has 14 heavy (non-hydrogen) atoms. The summed E-state index contributed by atoms with van der Waals surface area (Å²) in [4.78, 5) is 21.8. The second-order valence-corrected chi connectivity index (χ2v) is 3.83. The predicted molar refractivity (Wildman–Crippen MR) is 51.8 cm³/mol. The summed E-state index contributed by atoms with van der Waals surface area (Å²) in [6.07, 6.45) is 3.15. The molecule has 0 spiro atoms. The Morgan fingerprint density at radius 3 is 2.93 bits per heavy atom. The molecule has 1 rings (SSSR count). The summed E-state index contributed by atoms with van der Waals surface area (Å²) in [6.45, 7) is 1.98. The molecule has 4 heteroatoms. The van der Waals surface area contributed by atoms with Crippen LogP contribution in [-0.4, -0.2) is 23.0 Å². The van der Waals surface area contributed by atoms with Gasteiger partial charge in [0.1, 0.15) is 0 Å². The summed E-state index contributed by atoms with van der Waals surface area (Å²) < 4.78 is 0. The van der Waals surface area contributed by atoms with Crippen LogP contribution in [0.4, 0.5) is 0 Å². The Kier molecular flexibility index (Phi) is 3.92. The van der Waals surface area contributed by atoms with Gasteiger partial charge in [0.2, 0.25) is 5.91 Å². The van der Waals surface area contributed by atoms with Crippen LogP contribution in [0, 0.1) is 5.92 Å². The average molecular weight is 199 g/mol. The van der Waals surface area contributed by atoms with E-state index in [0.29, 0.717) is 6.42 Å². The second-order valence-electron chi connectivity index (χ2n) is 3.83. The highest BCUT2D eigenvalue weighted by molar-refractivity contribution is 5.76. The van der Waals surface area contributed by atoms with E-state index < -0.39 is 5.97 Å². The van der Waals surface area contributed by atoms with Gasteiger partial charge in [-0.05, 0) is 25.2 Å². The van der Waals surface area contributed by atoms with Crippen molar-refractivity contribution in [3.8, 4) is 0 Å². The first-order chi connectivity index (χ1) is 6.63. The minimum Gasteiger partial charge on any atom is -0.481 e. The van der Waals surface area contributed by atoms with Gasteiger partial charge in [0.25, 0.3) is 0 Å². The van der Waals surface area contributed by atoms with Crippen molar-refractivity contribution in [2.24, 2.45) is 5.92 Å². The van der Waals surface area contributed by atoms with Crippen LogP contribution in [0.15, 0.2) is 0 Å². The number of carbonyl (C=O) groups is 2. The molecule has 0 aromatic heterocycles. The van der Waals surface area contributed by atoms with Gasteiger partial charge in [-0.3, -0.25) is 9.59 Å². The molecule has 0 saturated carbocycles. The zero-order valence-corrected chi connectivity index (χ0v) is 8.45. The Morgan fingerprint density at radius 2 is 2.36 bits per heavy atom. The molecule has 1 aliphatic rings. The van der Waals surface area contributed by atoms with Crippen LogP contribution in [0.3, 0.4) is 0 Å². The molecule has 2 atom stereocenters. The minimum atomic E-state index is -0.774. The molecule has 1 saturated heterocycles. The van der Waals surface area contributed by atoms with E-state index >= 15 is 0 Å². The van der Waals surface area contributed by atoms with Crippen LogP contribution in [0.1, 0.15) is 39.0 Å². The highest BCUT2D eigenvalue weighted by Gasteiger charge is 2.26. The fraction of sp³-hybridized carbons (Fsp3) is 0.800. The first-order valence-corrected chi connectivity index (χ1v) is 5.14. The number of nitrogens with one attached hydrogen (secondary N) is 1. The molecule has 0 bridgehead atoms. The highest BCUT2D eigenvalue weighted by atomic mass is 16.4. The number of carboxylic acids is 1. The van der Waals surface area contributed by atoms with Crippen molar-refractivity contribution in [1.82, 2.24) is 5.32 Å². The summed E-state index contributed by atoms with van der Waals surface area (Å²) in [5.41, 5.74) is 0. The van der Waals surface area contributed by atoms with Gasteiger partial charge < -0.3 is 10.4 Å². The van der Waals surface area contributed by atoms with Crippen molar-refractivity contribution in [1.29, 1.82) is 0 Å². The molecule has 0 aliphatic carbocycles. The molecule has 0 radical (unpaired) electrons. The molecule has 2 N–H and O–H groups in total. The molecular formula is C10H17NO3. The first-order valence-electron chi connectivity index (χ1n) is 5.14. The fourth-order valence-corrected chi connectivity index (χ4v) is 2.03. The van der Waals surface area contributed by atoms with Crippen LogP contribution < -0.4 is 5.32 Å². The monoisotopic (exact) mass is 199 g/mol. The van der Waals surface area contributed by atoms with Crippen molar-refractivity contribution in [2.75, 3.05) is 0 Å². The third kappa shape index (κ3) is 3.01. The first kappa shape index (κ1) is 11.0. The molecule has 80 valence electrons. The van der Waals surface area contributed by atoms with Crippen LogP contribution in [-0.2, 0) is 9.59 Å². The van der Waals surface area contributed by atoms with E-state index in [9.17, 15) is 9.59 Å². The summed E-state index contributed by atoms with van der Waals surface area (Å²) >= 11 is 0. The minimum absolute atomic E-state index is 0.0427. The fourth-order valence-electron chi connectivity index (χ4n) is 2.03. The maximum Gasteiger partial charge on any atom is 0.303 e. The van der Waals surface area contributed by atoms with E-state index in [1.165, 1.54) is 0 Å². The van der Waals surface area contributed by atoms with Gasteiger partial charge in [0.15, 0.2) is 0 Å². The smallest absolute Gasteiger partial charge is 0.303 e. The quantitative estimate of drug-likeness (QED) is 0.716. The van der Waals surface area contributed by atoms with Gasteiger partial charge >= 0.3 is 5.97 Å². The third-order valence-electron chi connectivity index (χ3n) is 2.77. The van der Waals surface area contributed by atoms with E-state index in [1.807, 2.05) is 6.92 Å². The SMILES string of the molecule is CC[C@H]1NC(=O)CCC[C@@H]1CC(=O)O. The average Bonchev–Trinajstić information content (AvgIpc) is 2.27. The van der Waals surface area contributed by atoms with Gasteiger partial charge in [0, 0.05) is 12.5 Å². The summed E-state index contributed by atoms with van der Waals surface area (Å²) in [7, 11) is 0. The van der Waals surface area contributed by atoms with Crippen molar-refractivity contribution < 1.29 is 14.7 Å². The molecule has 0 aromatic rings. The molecule has 4 nitrogen and oxygen atoms in total. The van der Waals surface area contributed by atoms with Gasteiger partial charge in [-0.15, -0.1) is 0 Å². The Hall–Kier alpha value is -1.06. The number of aliphatic carboxylic acids is 1. The zero-order valence-electron chi connectivity index (χ0n) is 8.45. The van der Waals surface area contributed by atoms with Gasteiger partial charge in [0.05, 0.1) is 6.42 Å². The highest BCUT2D eigenvalue weighted by Crippen LogP contribution is 2.22. The van der Waals surface area contributed by atoms with Crippen molar-refractivity contribution >= 4 is 11.9 Å². The maximum absolute atomic E-state index is 11.2. The van der Waals surface area contributed by atoms with Crippen molar-refractivity contribution in [3.05, 3.63) is 0 Å². The Labute approximate surface area is 83.7 Å². The van der Waals surface area contributed by atoms with E-state index in [2.05, 4.69) is 5.32 Å². The number of amides is 1. The van der Waals surface area contributed by atoms with Crippen LogP contribution in [0.2, 0.25) is 0 Å². The number of carboxylic acid groups (broad SMARTS) is 1. The van der Waals surface area contributed by atoms with Gasteiger partial charge in [-0.25, -0.2) is 0 Å². The van der Waals surface area contributed by atoms with Crippen LogP contribution >= 0.6 is 0 Å². The second kappa shape index (κ2) is 4.98. The standard InChI is InChI=1S/C10H17NO3/c1-2-8-7(6-10(13)14)4-3-5-9(12)11-8/h7-8H,2-6H2,1H3,(H,11,12)(H,13,14)/t7-,8-/m1/s1. The summed E-state index contributed by atoms with van der Waals surface area (Å²) in [5, 5.41) is 11.6. The van der Waals surface area contributed by atoms with Crippen LogP contribution in [0.5, 0.6) is 0 Å². The van der Waals surface area contributed by atoms with E-state index in [1.54, 1.807) is 0 Å². The summed E-state index contributed by atoms with van der Waals surface area (Å²) in [6, 6.07) is 0.0427. The largest absolute Gasteiger partial charge is 0.481 e. The Morgan fingerprint density at radius 1 is 1.64 bits per heavy atom. The molecule has 1 amide bonds. The normalized spacial score (nSPS) is 27.9. The lowest BCUT2D eigenvalue weighted by Crippen LogP contribution is -2.38. The number of rotatable bonds is 3. The lowest BCUT2D eigenvalue weighted by Gasteiger charge is -2.22. The topological polar surface area (TPSA) is 66.4 Å². The Balaban J connectivity index is 2.60. The maximum atomic E-state index is 11.2. The predicted octanol–water partition coefficient (Wildman–Crippen LogP) is 1.16. The number of carbonyl (C=O) groups excluding carboxylic acids is 1. The Bertz CT molecular complexity index is 227. The van der Waals surface area contributed by atoms with Gasteiger partial charge in [-0.1, -0.05) is 6.92 Å². The summed E-state index contributed by atoms with van der Waals surface area (Å²) in [5.74, 6) is -0.613. The van der Waals surface area contributed by atoms with E-state index in [0.717, 1.165) is 19.3 Å². The molecule has 1 aliphatic heterocycles. The molecule has 1 fully saturated rings. The van der Waals surface area contributed by atoms with E-state index in [4.69, 9.17) is 5.11 Å². The number of hydrogen-bond acceptors (Lipinski definition) is 2. The van der Waals surface area contributed by atoms with Crippen LogP contribution in [0.25, 0.3) is 0 Å². The molecule has 0 aromatic carbocycles. The molecule has 0 unspecified atom stereocenters. The third-order valence-corrected chi connectivity index (χ3v) is 2.77.